The predicted molar refractivity (Wildman–Crippen MR) is 60.7 cm³/mol. The Kier molecular flexibility index (Phi) is 4.10. The smallest absolute Gasteiger partial charge is 0.302 e. The summed E-state index contributed by atoms with van der Waals surface area (Å²) in [7, 11) is 0. The van der Waals surface area contributed by atoms with Crippen molar-refractivity contribution in [2.24, 2.45) is 0 Å². The lowest BCUT2D eigenvalue weighted by Crippen LogP contribution is -2.05. The van der Waals surface area contributed by atoms with Crippen LogP contribution >= 0.6 is 0 Å². The fourth-order valence-electron chi connectivity index (χ4n) is 1.33. The first-order valence-electron chi connectivity index (χ1n) is 4.94. The molecule has 1 aromatic carbocycles. The highest BCUT2D eigenvalue weighted by Gasteiger charge is 2.01. The molecule has 0 aliphatic carbocycles. The van der Waals surface area contributed by atoms with Gasteiger partial charge in [0, 0.05) is 6.92 Å². The van der Waals surface area contributed by atoms with Gasteiger partial charge in [0.15, 0.2) is 0 Å². The molecule has 0 saturated carbocycles. The third-order valence-corrected chi connectivity index (χ3v) is 2.18. The van der Waals surface area contributed by atoms with E-state index in [0.29, 0.717) is 6.61 Å². The van der Waals surface area contributed by atoms with Gasteiger partial charge >= 0.3 is 5.97 Å². The Morgan fingerprint density at radius 1 is 1.40 bits per heavy atom. The maximum atomic E-state index is 10.6. The van der Waals surface area contributed by atoms with Crippen molar-refractivity contribution in [2.45, 2.75) is 20.3 Å². The Bertz CT molecular complexity index is 367. The van der Waals surface area contributed by atoms with Gasteiger partial charge in [-0.05, 0) is 30.0 Å². The molecule has 0 amide bonds. The largest absolute Gasteiger partial charge is 0.461 e. The van der Waals surface area contributed by atoms with E-state index < -0.39 is 0 Å². The molecule has 0 aromatic heterocycles. The molecule has 2 nitrogen and oxygen atoms in total. The van der Waals surface area contributed by atoms with E-state index in [2.05, 4.69) is 25.6 Å². The summed E-state index contributed by atoms with van der Waals surface area (Å²) in [6, 6.07) is 8.14. The van der Waals surface area contributed by atoms with Crippen LogP contribution in [0.2, 0.25) is 0 Å². The molecule has 0 aliphatic rings. The molecular weight excluding hydrogens is 188 g/mol. The average molecular weight is 204 g/mol. The summed E-state index contributed by atoms with van der Waals surface area (Å²) in [6.45, 7) is 7.66. The lowest BCUT2D eigenvalue weighted by atomic mass is 10.0. The molecule has 1 rings (SSSR count). The van der Waals surface area contributed by atoms with Crippen molar-refractivity contribution in [3.63, 3.8) is 0 Å². The molecule has 0 saturated heterocycles. The number of ether oxygens (including phenoxy) is 1. The van der Waals surface area contributed by atoms with Gasteiger partial charge < -0.3 is 4.74 Å². The molecule has 0 N–H and O–H groups in total. The SMILES string of the molecule is C=C(COC(C)=O)Cc1ccccc1C. The second-order valence-corrected chi connectivity index (χ2v) is 3.63. The van der Waals surface area contributed by atoms with Gasteiger partial charge in [-0.1, -0.05) is 30.8 Å². The molecule has 2 heteroatoms. The number of hydrogen-bond donors (Lipinski definition) is 0. The number of hydrogen-bond acceptors (Lipinski definition) is 2. The first kappa shape index (κ1) is 11.5. The Hall–Kier alpha value is -1.57. The summed E-state index contributed by atoms with van der Waals surface area (Å²) in [6.07, 6.45) is 0.764. The molecule has 0 heterocycles. The number of aryl methyl sites for hydroxylation is 1. The van der Waals surface area contributed by atoms with Gasteiger partial charge in [0.2, 0.25) is 0 Å². The minimum absolute atomic E-state index is 0.263. The molecule has 1 aromatic rings. The topological polar surface area (TPSA) is 26.3 Å². The second-order valence-electron chi connectivity index (χ2n) is 3.63. The van der Waals surface area contributed by atoms with Gasteiger partial charge in [-0.2, -0.15) is 0 Å². The van der Waals surface area contributed by atoms with Crippen LogP contribution in [-0.4, -0.2) is 12.6 Å². The molecule has 0 spiro atoms. The molecular formula is C13H16O2. The molecule has 0 unspecified atom stereocenters. The van der Waals surface area contributed by atoms with Crippen LogP contribution in [0.25, 0.3) is 0 Å². The number of esters is 1. The van der Waals surface area contributed by atoms with Crippen molar-refractivity contribution < 1.29 is 9.53 Å². The van der Waals surface area contributed by atoms with Crippen molar-refractivity contribution in [1.29, 1.82) is 0 Å². The third-order valence-electron chi connectivity index (χ3n) is 2.18. The normalized spacial score (nSPS) is 9.73. The Morgan fingerprint density at radius 3 is 2.67 bits per heavy atom. The molecule has 80 valence electrons. The van der Waals surface area contributed by atoms with Crippen molar-refractivity contribution in [1.82, 2.24) is 0 Å². The highest BCUT2D eigenvalue weighted by Crippen LogP contribution is 2.11. The van der Waals surface area contributed by atoms with Crippen molar-refractivity contribution in [3.8, 4) is 0 Å². The number of benzene rings is 1. The minimum atomic E-state index is -0.263. The van der Waals surface area contributed by atoms with Gasteiger partial charge in [-0.3, -0.25) is 4.79 Å². The van der Waals surface area contributed by atoms with Crippen LogP contribution in [-0.2, 0) is 16.0 Å². The summed E-state index contributed by atoms with van der Waals surface area (Å²) in [5.41, 5.74) is 3.38. The first-order chi connectivity index (χ1) is 7.09. The summed E-state index contributed by atoms with van der Waals surface area (Å²) in [5.74, 6) is -0.263. The zero-order valence-electron chi connectivity index (χ0n) is 9.25. The summed E-state index contributed by atoms with van der Waals surface area (Å²) >= 11 is 0. The maximum Gasteiger partial charge on any atom is 0.302 e. The summed E-state index contributed by atoms with van der Waals surface area (Å²) < 4.78 is 4.88. The molecule has 0 aliphatic heterocycles. The highest BCUT2D eigenvalue weighted by molar-refractivity contribution is 5.66. The van der Waals surface area contributed by atoms with Gasteiger partial charge in [0.05, 0.1) is 0 Å². The van der Waals surface area contributed by atoms with E-state index >= 15 is 0 Å². The van der Waals surface area contributed by atoms with Crippen LogP contribution in [0.3, 0.4) is 0 Å². The van der Waals surface area contributed by atoms with E-state index in [9.17, 15) is 4.79 Å². The van der Waals surface area contributed by atoms with Gasteiger partial charge in [0.25, 0.3) is 0 Å². The van der Waals surface area contributed by atoms with Gasteiger partial charge in [-0.15, -0.1) is 0 Å². The van der Waals surface area contributed by atoms with Crippen LogP contribution < -0.4 is 0 Å². The Labute approximate surface area is 90.6 Å². The zero-order chi connectivity index (χ0) is 11.3. The molecule has 0 fully saturated rings. The Morgan fingerprint density at radius 2 is 2.07 bits per heavy atom. The molecule has 15 heavy (non-hydrogen) atoms. The quantitative estimate of drug-likeness (QED) is 0.556. The standard InChI is InChI=1S/C13H16O2/c1-10(9-15-12(3)14)8-13-7-5-4-6-11(13)2/h4-7H,1,8-9H2,2-3H3. The van der Waals surface area contributed by atoms with Crippen LogP contribution in [0.5, 0.6) is 0 Å². The molecule has 0 radical (unpaired) electrons. The van der Waals surface area contributed by atoms with Crippen LogP contribution in [0.15, 0.2) is 36.4 Å². The van der Waals surface area contributed by atoms with Gasteiger partial charge in [-0.25, -0.2) is 0 Å². The van der Waals surface area contributed by atoms with Crippen LogP contribution in [0.4, 0.5) is 0 Å². The molecule has 0 atom stereocenters. The highest BCUT2D eigenvalue weighted by atomic mass is 16.5. The fraction of sp³-hybridized carbons (Fsp3) is 0.308. The summed E-state index contributed by atoms with van der Waals surface area (Å²) in [5, 5.41) is 0. The van der Waals surface area contributed by atoms with Gasteiger partial charge in [0.1, 0.15) is 6.61 Å². The van der Waals surface area contributed by atoms with Crippen LogP contribution in [0, 0.1) is 6.92 Å². The second kappa shape index (κ2) is 5.35. The van der Waals surface area contributed by atoms with E-state index in [-0.39, 0.29) is 5.97 Å². The van der Waals surface area contributed by atoms with Crippen molar-refractivity contribution in [2.75, 3.05) is 6.61 Å². The number of rotatable bonds is 4. The third kappa shape index (κ3) is 3.98. The average Bonchev–Trinajstić information content (AvgIpc) is 2.18. The Balaban J connectivity index is 2.52. The number of carbonyl (C=O) groups is 1. The predicted octanol–water partition coefficient (Wildman–Crippen LogP) is 2.66. The fourth-order valence-corrected chi connectivity index (χ4v) is 1.33. The zero-order valence-corrected chi connectivity index (χ0v) is 9.25. The van der Waals surface area contributed by atoms with Crippen LogP contribution in [0.1, 0.15) is 18.1 Å². The van der Waals surface area contributed by atoms with Crippen molar-refractivity contribution >= 4 is 5.97 Å². The van der Waals surface area contributed by atoms with E-state index in [1.807, 2.05) is 12.1 Å². The van der Waals surface area contributed by atoms with E-state index in [1.165, 1.54) is 18.1 Å². The maximum absolute atomic E-state index is 10.6. The lowest BCUT2D eigenvalue weighted by molar-refractivity contribution is -0.140. The van der Waals surface area contributed by atoms with E-state index in [4.69, 9.17) is 4.74 Å². The summed E-state index contributed by atoms with van der Waals surface area (Å²) in [4.78, 5) is 10.6. The number of carbonyl (C=O) groups excluding carboxylic acids is 1. The monoisotopic (exact) mass is 204 g/mol. The van der Waals surface area contributed by atoms with E-state index in [1.54, 1.807) is 0 Å². The van der Waals surface area contributed by atoms with E-state index in [0.717, 1.165) is 12.0 Å². The minimum Gasteiger partial charge on any atom is -0.461 e. The molecule has 0 bridgehead atoms. The lowest BCUT2D eigenvalue weighted by Gasteiger charge is -2.08. The first-order valence-corrected chi connectivity index (χ1v) is 4.94. The van der Waals surface area contributed by atoms with Crippen molar-refractivity contribution in [3.05, 3.63) is 47.5 Å².